The number of amides is 1. The highest BCUT2D eigenvalue weighted by atomic mass is 16.2. The molecule has 4 atom stereocenters. The van der Waals surface area contributed by atoms with Gasteiger partial charge in [-0.15, -0.1) is 0 Å². The normalized spacial score (nSPS) is 23.6. The molecule has 1 unspecified atom stereocenters. The van der Waals surface area contributed by atoms with Crippen LogP contribution in [-0.2, 0) is 4.79 Å². The van der Waals surface area contributed by atoms with Crippen molar-refractivity contribution in [3.05, 3.63) is 120 Å². The molecule has 2 fully saturated rings. The molecule has 0 aliphatic carbocycles. The van der Waals surface area contributed by atoms with E-state index in [4.69, 9.17) is 0 Å². The lowest BCUT2D eigenvalue weighted by Crippen LogP contribution is -2.45. The van der Waals surface area contributed by atoms with Gasteiger partial charge < -0.3 is 10.2 Å². The van der Waals surface area contributed by atoms with Crippen LogP contribution in [0.5, 0.6) is 0 Å². The molecular formula is C32H33N4O+. The van der Waals surface area contributed by atoms with Gasteiger partial charge in [0.15, 0.2) is 6.20 Å². The van der Waals surface area contributed by atoms with Gasteiger partial charge in [-0.1, -0.05) is 89.9 Å². The third-order valence-corrected chi connectivity index (χ3v) is 8.15. The molecule has 2 aliphatic rings. The maximum absolute atomic E-state index is 14.3. The summed E-state index contributed by atoms with van der Waals surface area (Å²) in [5.41, 5.74) is 5.99. The Morgan fingerprint density at radius 3 is 2.38 bits per heavy atom. The molecule has 186 valence electrons. The highest BCUT2D eigenvalue weighted by Crippen LogP contribution is 2.42. The second-order valence-corrected chi connectivity index (χ2v) is 10.2. The van der Waals surface area contributed by atoms with Crippen molar-refractivity contribution in [3.63, 3.8) is 0 Å². The van der Waals surface area contributed by atoms with Crippen LogP contribution in [0.25, 0.3) is 11.1 Å². The van der Waals surface area contributed by atoms with Gasteiger partial charge in [-0.3, -0.25) is 4.79 Å². The standard InChI is InChI=1S/C32H32N4O/c37-32(30-21-33-20-29(30)28-14-8-7-13-27(28)26-18-34-22-35-19-26)36-16-15-25(23-9-3-1-4-10-23)17-31(36)24-11-5-2-6-12-24/h1-14,18-19,22,25,29-31,33H,15-17,20-21H2/p+1/t25-,29?,30+,31+/m0/s1. The predicted molar refractivity (Wildman–Crippen MR) is 145 cm³/mol. The van der Waals surface area contributed by atoms with Crippen molar-refractivity contribution >= 4 is 5.91 Å². The van der Waals surface area contributed by atoms with Gasteiger partial charge in [-0.25, -0.2) is 4.98 Å². The summed E-state index contributed by atoms with van der Waals surface area (Å²) in [6, 6.07) is 29.9. The summed E-state index contributed by atoms with van der Waals surface area (Å²) in [7, 11) is 0. The molecule has 0 bridgehead atoms. The van der Waals surface area contributed by atoms with E-state index >= 15 is 0 Å². The zero-order chi connectivity index (χ0) is 25.0. The van der Waals surface area contributed by atoms with Crippen LogP contribution >= 0.6 is 0 Å². The average molecular weight is 490 g/mol. The minimum absolute atomic E-state index is 0.0806. The number of carbonyl (C=O) groups is 1. The van der Waals surface area contributed by atoms with Gasteiger partial charge in [0.2, 0.25) is 5.91 Å². The zero-order valence-corrected chi connectivity index (χ0v) is 21.0. The highest BCUT2D eigenvalue weighted by Gasteiger charge is 2.41. The Bertz CT molecular complexity index is 1330. The largest absolute Gasteiger partial charge is 0.335 e. The number of hydrogen-bond donors (Lipinski definition) is 1. The molecule has 1 amide bonds. The molecule has 0 spiro atoms. The second-order valence-electron chi connectivity index (χ2n) is 10.2. The van der Waals surface area contributed by atoms with Crippen LogP contribution in [0.15, 0.2) is 104 Å². The minimum atomic E-state index is -0.0960. The predicted octanol–water partition coefficient (Wildman–Crippen LogP) is 5.01. The number of H-pyrrole nitrogens is 1. The van der Waals surface area contributed by atoms with Gasteiger partial charge in [0.1, 0.15) is 0 Å². The van der Waals surface area contributed by atoms with E-state index in [0.29, 0.717) is 12.5 Å². The maximum atomic E-state index is 14.3. The molecule has 2 N–H and O–H groups in total. The van der Waals surface area contributed by atoms with Gasteiger partial charge >= 0.3 is 0 Å². The van der Waals surface area contributed by atoms with Crippen molar-refractivity contribution in [2.24, 2.45) is 5.92 Å². The van der Waals surface area contributed by atoms with Gasteiger partial charge in [0.05, 0.1) is 23.7 Å². The van der Waals surface area contributed by atoms with Crippen molar-refractivity contribution in [2.75, 3.05) is 19.6 Å². The SMILES string of the molecule is O=C([C@@H]1CNCC1c1ccccc1-c1cnc[nH+]c1)N1CC[C@H](c2ccccc2)C[C@@H]1c1ccccc1. The Morgan fingerprint density at radius 2 is 1.62 bits per heavy atom. The number of nitrogens with one attached hydrogen (secondary N) is 2. The lowest BCUT2D eigenvalue weighted by atomic mass is 9.80. The average Bonchev–Trinajstić information content (AvgIpc) is 3.48. The third kappa shape index (κ3) is 4.79. The van der Waals surface area contributed by atoms with Crippen molar-refractivity contribution in [1.29, 1.82) is 0 Å². The molecule has 0 saturated carbocycles. The number of piperidine rings is 1. The van der Waals surface area contributed by atoms with Gasteiger partial charge in [0.25, 0.3) is 6.33 Å². The zero-order valence-electron chi connectivity index (χ0n) is 21.0. The summed E-state index contributed by atoms with van der Waals surface area (Å²) < 4.78 is 0. The number of rotatable bonds is 5. The smallest absolute Gasteiger partial charge is 0.283 e. The molecule has 5 nitrogen and oxygen atoms in total. The first-order valence-corrected chi connectivity index (χ1v) is 13.3. The Hall–Kier alpha value is -3.83. The first-order valence-electron chi connectivity index (χ1n) is 13.3. The number of carbonyl (C=O) groups excluding carboxylic acids is 1. The summed E-state index contributed by atoms with van der Waals surface area (Å²) in [4.78, 5) is 23.9. The summed E-state index contributed by atoms with van der Waals surface area (Å²) in [6.45, 7) is 2.28. The van der Waals surface area contributed by atoms with E-state index < -0.39 is 0 Å². The van der Waals surface area contributed by atoms with E-state index in [2.05, 4.69) is 105 Å². The van der Waals surface area contributed by atoms with Crippen molar-refractivity contribution in [3.8, 4) is 11.1 Å². The van der Waals surface area contributed by atoms with Crippen molar-refractivity contribution < 1.29 is 9.78 Å². The van der Waals surface area contributed by atoms with E-state index in [1.165, 1.54) is 16.7 Å². The lowest BCUT2D eigenvalue weighted by molar-refractivity contribution is -0.382. The van der Waals surface area contributed by atoms with E-state index in [-0.39, 0.29) is 23.8 Å². The van der Waals surface area contributed by atoms with Crippen LogP contribution in [0, 0.1) is 5.92 Å². The van der Waals surface area contributed by atoms with Crippen LogP contribution in [-0.4, -0.2) is 35.4 Å². The molecule has 2 aliphatic heterocycles. The number of benzene rings is 3. The molecule has 3 aromatic carbocycles. The summed E-state index contributed by atoms with van der Waals surface area (Å²) in [6.07, 6.45) is 7.48. The molecule has 6 rings (SSSR count). The third-order valence-electron chi connectivity index (χ3n) is 8.15. The molecule has 37 heavy (non-hydrogen) atoms. The van der Waals surface area contributed by atoms with Crippen molar-refractivity contribution in [1.82, 2.24) is 15.2 Å². The van der Waals surface area contributed by atoms with E-state index in [9.17, 15) is 4.79 Å². The van der Waals surface area contributed by atoms with E-state index in [1.54, 1.807) is 6.33 Å². The Balaban J connectivity index is 1.31. The van der Waals surface area contributed by atoms with Crippen LogP contribution in [0.3, 0.4) is 0 Å². The molecule has 3 heterocycles. The van der Waals surface area contributed by atoms with Crippen LogP contribution in [0.4, 0.5) is 0 Å². The molecular weight excluding hydrogens is 456 g/mol. The monoisotopic (exact) mass is 489 g/mol. The fourth-order valence-corrected chi connectivity index (χ4v) is 6.28. The molecule has 1 aromatic heterocycles. The summed E-state index contributed by atoms with van der Waals surface area (Å²) in [5.74, 6) is 0.742. The second kappa shape index (κ2) is 10.7. The highest BCUT2D eigenvalue weighted by molar-refractivity contribution is 5.82. The quantitative estimate of drug-likeness (QED) is 0.429. The fraction of sp³-hybridized carbons (Fsp3) is 0.281. The van der Waals surface area contributed by atoms with Gasteiger partial charge in [-0.05, 0) is 41.0 Å². The van der Waals surface area contributed by atoms with Crippen LogP contribution in [0.2, 0.25) is 0 Å². The maximum Gasteiger partial charge on any atom is 0.283 e. The lowest BCUT2D eigenvalue weighted by Gasteiger charge is -2.42. The number of hydrogen-bond acceptors (Lipinski definition) is 3. The van der Waals surface area contributed by atoms with Gasteiger partial charge in [-0.2, -0.15) is 0 Å². The Kier molecular flexibility index (Phi) is 6.78. The molecule has 2 saturated heterocycles. The molecule has 4 aromatic rings. The Morgan fingerprint density at radius 1 is 0.892 bits per heavy atom. The van der Waals surface area contributed by atoms with E-state index in [0.717, 1.165) is 37.1 Å². The van der Waals surface area contributed by atoms with Crippen LogP contribution < -0.4 is 10.3 Å². The van der Waals surface area contributed by atoms with Crippen molar-refractivity contribution in [2.45, 2.75) is 30.7 Å². The minimum Gasteiger partial charge on any atom is -0.335 e. The van der Waals surface area contributed by atoms with Gasteiger partial charge in [0, 0.05) is 25.6 Å². The molecule has 5 heteroatoms. The van der Waals surface area contributed by atoms with Crippen LogP contribution in [0.1, 0.15) is 47.4 Å². The number of aromatic amines is 1. The topological polar surface area (TPSA) is 59.4 Å². The van der Waals surface area contributed by atoms with E-state index in [1.807, 2.05) is 12.4 Å². The Labute approximate surface area is 218 Å². The first-order chi connectivity index (χ1) is 18.3. The molecule has 0 radical (unpaired) electrons. The number of nitrogens with zero attached hydrogens (tertiary/aromatic N) is 2. The number of aromatic nitrogens is 2. The summed E-state index contributed by atoms with van der Waals surface area (Å²) >= 11 is 0. The fourth-order valence-electron chi connectivity index (χ4n) is 6.28. The number of likely N-dealkylation sites (tertiary alicyclic amines) is 1. The summed E-state index contributed by atoms with van der Waals surface area (Å²) in [5, 5.41) is 3.54. The first kappa shape index (κ1) is 23.6.